The molecule has 0 fully saturated rings. The van der Waals surface area contributed by atoms with E-state index in [-0.39, 0.29) is 17.6 Å². The van der Waals surface area contributed by atoms with Gasteiger partial charge in [-0.2, -0.15) is 5.10 Å². The second-order valence-corrected chi connectivity index (χ2v) is 10.8. The highest BCUT2D eigenvalue weighted by molar-refractivity contribution is 5.75. The predicted molar refractivity (Wildman–Crippen MR) is 143 cm³/mol. The number of rotatable bonds is 7. The van der Waals surface area contributed by atoms with Crippen LogP contribution in [0.3, 0.4) is 0 Å². The predicted octanol–water partition coefficient (Wildman–Crippen LogP) is 5.16. The summed E-state index contributed by atoms with van der Waals surface area (Å²) in [5.74, 6) is 0.784. The third-order valence-corrected chi connectivity index (χ3v) is 6.47. The van der Waals surface area contributed by atoms with E-state index in [4.69, 9.17) is 9.84 Å². The first-order valence-electron chi connectivity index (χ1n) is 12.7. The number of amides is 2. The molecule has 0 saturated carbocycles. The Labute approximate surface area is 215 Å². The van der Waals surface area contributed by atoms with Crippen molar-refractivity contribution in [2.45, 2.75) is 72.3 Å². The summed E-state index contributed by atoms with van der Waals surface area (Å²) in [5, 5.41) is 8.22. The molecule has 0 unspecified atom stereocenters. The van der Waals surface area contributed by atoms with E-state index < -0.39 is 0 Å². The molecule has 0 saturated heterocycles. The fraction of sp³-hybridized carbons (Fsp3) is 0.448. The van der Waals surface area contributed by atoms with Crippen LogP contribution in [0.4, 0.5) is 4.79 Å². The molecule has 3 aromatic rings. The molecule has 7 heteroatoms. The zero-order valence-corrected chi connectivity index (χ0v) is 22.4. The number of hydrogen-bond donors (Lipinski definition) is 1. The molecule has 0 bridgehead atoms. The Bertz CT molecular complexity index is 1180. The van der Waals surface area contributed by atoms with Crippen molar-refractivity contribution >= 4 is 6.03 Å². The number of urea groups is 1. The highest BCUT2D eigenvalue weighted by atomic mass is 16.5. The van der Waals surface area contributed by atoms with E-state index in [2.05, 4.69) is 40.5 Å². The summed E-state index contributed by atoms with van der Waals surface area (Å²) in [6.07, 6.45) is 0.878. The van der Waals surface area contributed by atoms with Crippen LogP contribution >= 0.6 is 0 Å². The lowest BCUT2D eigenvalue weighted by atomic mass is 10.0. The molecule has 1 aromatic heterocycles. The first-order valence-corrected chi connectivity index (χ1v) is 12.7. The Balaban J connectivity index is 1.71. The Morgan fingerprint density at radius 2 is 1.81 bits per heavy atom. The lowest BCUT2D eigenvalue weighted by Crippen LogP contribution is -2.50. The average Bonchev–Trinajstić information content (AvgIpc) is 3.19. The van der Waals surface area contributed by atoms with Crippen molar-refractivity contribution in [3.05, 3.63) is 77.1 Å². The third-order valence-electron chi connectivity index (χ3n) is 6.47. The summed E-state index contributed by atoms with van der Waals surface area (Å²) in [4.78, 5) is 17.5. The van der Waals surface area contributed by atoms with Gasteiger partial charge in [0.15, 0.2) is 0 Å². The van der Waals surface area contributed by atoms with E-state index in [1.54, 1.807) is 7.11 Å². The van der Waals surface area contributed by atoms with Gasteiger partial charge in [-0.3, -0.25) is 4.90 Å². The largest absolute Gasteiger partial charge is 0.494 e. The van der Waals surface area contributed by atoms with Crippen LogP contribution in [0.5, 0.6) is 5.75 Å². The zero-order chi connectivity index (χ0) is 25.9. The molecule has 0 spiro atoms. The minimum Gasteiger partial charge on any atom is -0.494 e. The number of nitrogens with one attached hydrogen (secondary N) is 1. The van der Waals surface area contributed by atoms with Crippen LogP contribution < -0.4 is 10.1 Å². The molecule has 1 aliphatic rings. The average molecular weight is 490 g/mol. The number of para-hydroxylation sites is 2. The topological polar surface area (TPSA) is 62.6 Å². The van der Waals surface area contributed by atoms with Gasteiger partial charge >= 0.3 is 6.03 Å². The van der Waals surface area contributed by atoms with Gasteiger partial charge in [0.1, 0.15) is 11.4 Å². The fourth-order valence-corrected chi connectivity index (χ4v) is 4.69. The second-order valence-electron chi connectivity index (χ2n) is 10.8. The quantitative estimate of drug-likeness (QED) is 0.498. The van der Waals surface area contributed by atoms with Gasteiger partial charge in [0, 0.05) is 43.2 Å². The molecule has 1 N–H and O–H groups in total. The van der Waals surface area contributed by atoms with Crippen molar-refractivity contribution in [1.29, 1.82) is 0 Å². The molecular formula is C29H39N5O2. The Hall–Kier alpha value is -3.32. The van der Waals surface area contributed by atoms with Crippen LogP contribution in [0.2, 0.25) is 0 Å². The van der Waals surface area contributed by atoms with E-state index in [1.165, 1.54) is 16.8 Å². The molecule has 1 aliphatic heterocycles. The molecular weight excluding hydrogens is 450 g/mol. The van der Waals surface area contributed by atoms with Gasteiger partial charge in [-0.1, -0.05) is 42.5 Å². The van der Waals surface area contributed by atoms with Crippen LogP contribution in [0, 0.1) is 0 Å². The first-order chi connectivity index (χ1) is 17.2. The van der Waals surface area contributed by atoms with Crippen LogP contribution in [0.25, 0.3) is 5.69 Å². The van der Waals surface area contributed by atoms with E-state index in [1.807, 2.05) is 68.5 Å². The van der Waals surface area contributed by atoms with Crippen LogP contribution in [0.15, 0.2) is 54.6 Å². The smallest absolute Gasteiger partial charge is 0.318 e. The summed E-state index contributed by atoms with van der Waals surface area (Å²) in [5.41, 5.74) is 5.25. The fourth-order valence-electron chi connectivity index (χ4n) is 4.69. The van der Waals surface area contributed by atoms with Gasteiger partial charge in [-0.05, 0) is 52.3 Å². The third kappa shape index (κ3) is 5.90. The van der Waals surface area contributed by atoms with Crippen molar-refractivity contribution in [3.8, 4) is 11.4 Å². The Morgan fingerprint density at radius 3 is 2.47 bits per heavy atom. The lowest BCUT2D eigenvalue weighted by Gasteiger charge is -2.32. The maximum absolute atomic E-state index is 13.2. The Kier molecular flexibility index (Phi) is 7.69. The molecule has 7 nitrogen and oxygen atoms in total. The van der Waals surface area contributed by atoms with E-state index in [9.17, 15) is 4.79 Å². The second kappa shape index (κ2) is 10.7. The van der Waals surface area contributed by atoms with E-state index >= 15 is 0 Å². The summed E-state index contributed by atoms with van der Waals surface area (Å²) >= 11 is 0. The number of methoxy groups -OCH3 is 1. The number of benzene rings is 2. The van der Waals surface area contributed by atoms with Crippen molar-refractivity contribution in [2.24, 2.45) is 0 Å². The molecule has 0 atom stereocenters. The van der Waals surface area contributed by atoms with Gasteiger partial charge < -0.3 is 15.0 Å². The molecule has 36 heavy (non-hydrogen) atoms. The van der Waals surface area contributed by atoms with Gasteiger partial charge in [0.25, 0.3) is 0 Å². The lowest BCUT2D eigenvalue weighted by molar-refractivity contribution is 0.169. The van der Waals surface area contributed by atoms with Crippen molar-refractivity contribution in [3.63, 3.8) is 0 Å². The maximum Gasteiger partial charge on any atom is 0.318 e. The first kappa shape index (κ1) is 25.8. The minimum atomic E-state index is -0.313. The SMILES string of the molecule is COc1ccccc1-n1nc(CN(C(=O)NC(C)(C)C)C(C)C)c2c1CCN(Cc1ccccc1)C2. The van der Waals surface area contributed by atoms with Gasteiger partial charge in [-0.25, -0.2) is 9.48 Å². The highest BCUT2D eigenvalue weighted by Crippen LogP contribution is 2.31. The normalized spacial score (nSPS) is 14.0. The maximum atomic E-state index is 13.2. The van der Waals surface area contributed by atoms with Gasteiger partial charge in [-0.15, -0.1) is 0 Å². The number of fused-ring (bicyclic) bond motifs is 1. The summed E-state index contributed by atoms with van der Waals surface area (Å²) < 4.78 is 7.70. The van der Waals surface area contributed by atoms with Crippen molar-refractivity contribution in [1.82, 2.24) is 24.9 Å². The molecule has 2 heterocycles. The van der Waals surface area contributed by atoms with E-state index in [0.29, 0.717) is 6.54 Å². The number of hydrogen-bond acceptors (Lipinski definition) is 4. The van der Waals surface area contributed by atoms with Crippen molar-refractivity contribution in [2.75, 3.05) is 13.7 Å². The van der Waals surface area contributed by atoms with E-state index in [0.717, 1.165) is 43.2 Å². The summed E-state index contributed by atoms with van der Waals surface area (Å²) in [6, 6.07) is 18.5. The Morgan fingerprint density at radius 1 is 1.11 bits per heavy atom. The van der Waals surface area contributed by atoms with Crippen LogP contribution in [-0.2, 0) is 26.1 Å². The number of carbonyl (C=O) groups excluding carboxylic acids is 1. The molecule has 0 radical (unpaired) electrons. The number of carbonyl (C=O) groups is 1. The summed E-state index contributed by atoms with van der Waals surface area (Å²) in [7, 11) is 1.69. The summed E-state index contributed by atoms with van der Waals surface area (Å²) in [6.45, 7) is 13.2. The van der Waals surface area contributed by atoms with Crippen molar-refractivity contribution < 1.29 is 9.53 Å². The molecule has 2 aromatic carbocycles. The highest BCUT2D eigenvalue weighted by Gasteiger charge is 2.30. The monoisotopic (exact) mass is 489 g/mol. The zero-order valence-electron chi connectivity index (χ0n) is 22.4. The van der Waals surface area contributed by atoms with Crippen LogP contribution in [-0.4, -0.2) is 50.8 Å². The molecule has 2 amide bonds. The minimum absolute atomic E-state index is 0.0309. The standard InChI is InChI=1S/C29H39N5O2/c1-21(2)33(28(35)30-29(3,4)5)20-24-23-19-32(18-22-12-8-7-9-13-22)17-16-25(23)34(31-24)26-14-10-11-15-27(26)36-6/h7-15,21H,16-20H2,1-6H3,(H,30,35). The number of nitrogens with zero attached hydrogens (tertiary/aromatic N) is 4. The molecule has 192 valence electrons. The number of aromatic nitrogens is 2. The van der Waals surface area contributed by atoms with Crippen LogP contribution in [0.1, 0.15) is 57.1 Å². The van der Waals surface area contributed by atoms with Gasteiger partial charge in [0.2, 0.25) is 0 Å². The molecule has 4 rings (SSSR count). The molecule has 0 aliphatic carbocycles. The van der Waals surface area contributed by atoms with Gasteiger partial charge in [0.05, 0.1) is 25.0 Å². The number of ether oxygens (including phenoxy) is 1.